The van der Waals surface area contributed by atoms with Gasteiger partial charge >= 0.3 is 0 Å². The molecule has 0 aliphatic carbocycles. The first-order valence-electron chi connectivity index (χ1n) is 9.07. The quantitative estimate of drug-likeness (QED) is 0.322. The Morgan fingerprint density at radius 3 is 1.64 bits per heavy atom. The SMILES string of the molecule is Nc1ccc2c(c1)Sc1ccc(N(c3ccccc3)c3ccccc3)cc1S2. The van der Waals surface area contributed by atoms with E-state index in [1.807, 2.05) is 17.8 Å². The summed E-state index contributed by atoms with van der Waals surface area (Å²) in [5.41, 5.74) is 10.2. The molecule has 4 heteroatoms. The van der Waals surface area contributed by atoms with Gasteiger partial charge in [-0.25, -0.2) is 0 Å². The van der Waals surface area contributed by atoms with Gasteiger partial charge in [0, 0.05) is 42.3 Å². The number of hydrogen-bond acceptors (Lipinski definition) is 4. The maximum atomic E-state index is 5.97. The van der Waals surface area contributed by atoms with Crippen LogP contribution in [-0.4, -0.2) is 0 Å². The first-order chi connectivity index (χ1) is 13.8. The van der Waals surface area contributed by atoms with Gasteiger partial charge in [-0.3, -0.25) is 0 Å². The zero-order valence-corrected chi connectivity index (χ0v) is 16.7. The van der Waals surface area contributed by atoms with Gasteiger partial charge < -0.3 is 10.6 Å². The monoisotopic (exact) mass is 398 g/mol. The summed E-state index contributed by atoms with van der Waals surface area (Å²) < 4.78 is 0. The van der Waals surface area contributed by atoms with Gasteiger partial charge in [0.1, 0.15) is 0 Å². The molecule has 28 heavy (non-hydrogen) atoms. The van der Waals surface area contributed by atoms with Gasteiger partial charge in [0.2, 0.25) is 0 Å². The molecule has 4 aromatic carbocycles. The number of nitrogens with zero attached hydrogens (tertiary/aromatic N) is 1. The molecule has 0 radical (unpaired) electrons. The van der Waals surface area contributed by atoms with Crippen molar-refractivity contribution in [2.45, 2.75) is 19.6 Å². The van der Waals surface area contributed by atoms with E-state index in [0.717, 1.165) is 22.7 Å². The zero-order chi connectivity index (χ0) is 18.9. The summed E-state index contributed by atoms with van der Waals surface area (Å²) >= 11 is 3.60. The molecule has 4 aromatic rings. The molecule has 0 unspecified atom stereocenters. The number of nitrogens with two attached hydrogens (primary N) is 1. The minimum Gasteiger partial charge on any atom is -0.399 e. The van der Waals surface area contributed by atoms with Gasteiger partial charge in [0.05, 0.1) is 0 Å². The van der Waals surface area contributed by atoms with Crippen LogP contribution in [0, 0.1) is 0 Å². The molecule has 136 valence electrons. The number of rotatable bonds is 3. The number of para-hydroxylation sites is 2. The van der Waals surface area contributed by atoms with Crippen LogP contribution >= 0.6 is 23.5 Å². The van der Waals surface area contributed by atoms with Crippen LogP contribution in [0.5, 0.6) is 0 Å². The van der Waals surface area contributed by atoms with E-state index in [1.54, 1.807) is 11.8 Å². The van der Waals surface area contributed by atoms with Crippen molar-refractivity contribution < 1.29 is 0 Å². The Balaban J connectivity index is 1.59. The van der Waals surface area contributed by atoms with E-state index in [-0.39, 0.29) is 0 Å². The zero-order valence-electron chi connectivity index (χ0n) is 15.1. The number of anilines is 4. The second kappa shape index (κ2) is 7.30. The van der Waals surface area contributed by atoms with Crippen molar-refractivity contribution in [2.24, 2.45) is 0 Å². The summed E-state index contributed by atoms with van der Waals surface area (Å²) in [6, 6.07) is 33.8. The van der Waals surface area contributed by atoms with Crippen molar-refractivity contribution >= 4 is 46.3 Å². The minimum absolute atomic E-state index is 0.811. The van der Waals surface area contributed by atoms with Crippen LogP contribution in [0.15, 0.2) is 117 Å². The van der Waals surface area contributed by atoms with Crippen molar-refractivity contribution in [3.63, 3.8) is 0 Å². The van der Waals surface area contributed by atoms with Crippen LogP contribution in [0.4, 0.5) is 22.7 Å². The molecule has 0 aromatic heterocycles. The van der Waals surface area contributed by atoms with Crippen molar-refractivity contribution in [3.8, 4) is 0 Å². The second-order valence-corrected chi connectivity index (χ2v) is 8.72. The van der Waals surface area contributed by atoms with Crippen LogP contribution < -0.4 is 10.6 Å². The maximum absolute atomic E-state index is 5.97. The Labute approximate surface area is 173 Å². The van der Waals surface area contributed by atoms with E-state index in [1.165, 1.54) is 19.6 Å². The van der Waals surface area contributed by atoms with E-state index in [2.05, 4.69) is 95.9 Å². The Kier molecular flexibility index (Phi) is 4.51. The Hall–Kier alpha value is -2.82. The predicted octanol–water partition coefficient (Wildman–Crippen LogP) is 7.35. The summed E-state index contributed by atoms with van der Waals surface area (Å²) in [7, 11) is 0. The Morgan fingerprint density at radius 2 is 1.04 bits per heavy atom. The van der Waals surface area contributed by atoms with Gasteiger partial charge in [-0.05, 0) is 60.7 Å². The molecule has 0 fully saturated rings. The standard InChI is InChI=1S/C24H18N2S2/c25-17-11-13-21-23(15-17)27-22-14-12-20(16-24(22)28-21)26(18-7-3-1-4-8-18)19-9-5-2-6-10-19/h1-16H,25H2. The fourth-order valence-electron chi connectivity index (χ4n) is 3.33. The predicted molar refractivity (Wildman–Crippen MR) is 120 cm³/mol. The highest BCUT2D eigenvalue weighted by molar-refractivity contribution is 8.05. The largest absolute Gasteiger partial charge is 0.399 e. The lowest BCUT2D eigenvalue weighted by atomic mass is 10.2. The summed E-state index contributed by atoms with van der Waals surface area (Å²) in [6.07, 6.45) is 0. The van der Waals surface area contributed by atoms with E-state index >= 15 is 0 Å². The molecule has 0 amide bonds. The normalized spacial score (nSPS) is 12.1. The highest BCUT2D eigenvalue weighted by Gasteiger charge is 2.20. The van der Waals surface area contributed by atoms with Crippen LogP contribution in [0.25, 0.3) is 0 Å². The molecule has 0 atom stereocenters. The summed E-state index contributed by atoms with van der Waals surface area (Å²) in [4.78, 5) is 7.33. The van der Waals surface area contributed by atoms with Crippen LogP contribution in [0.3, 0.4) is 0 Å². The lowest BCUT2D eigenvalue weighted by Gasteiger charge is -2.27. The molecule has 5 rings (SSSR count). The topological polar surface area (TPSA) is 29.3 Å². The smallest absolute Gasteiger partial charge is 0.0473 e. The third kappa shape index (κ3) is 3.26. The number of fused-ring (bicyclic) bond motifs is 2. The lowest BCUT2D eigenvalue weighted by molar-refractivity contribution is 1.14. The fourth-order valence-corrected chi connectivity index (χ4v) is 5.60. The molecule has 2 nitrogen and oxygen atoms in total. The van der Waals surface area contributed by atoms with Crippen LogP contribution in [-0.2, 0) is 0 Å². The maximum Gasteiger partial charge on any atom is 0.0473 e. The van der Waals surface area contributed by atoms with E-state index in [0.29, 0.717) is 0 Å². The molecule has 1 aliphatic rings. The molecule has 0 bridgehead atoms. The summed E-state index contributed by atoms with van der Waals surface area (Å²) in [5.74, 6) is 0. The molecular formula is C24H18N2S2. The molecule has 0 spiro atoms. The van der Waals surface area contributed by atoms with Crippen molar-refractivity contribution in [1.29, 1.82) is 0 Å². The first-order valence-corrected chi connectivity index (χ1v) is 10.7. The molecule has 0 saturated carbocycles. The van der Waals surface area contributed by atoms with E-state index in [9.17, 15) is 0 Å². The lowest BCUT2D eigenvalue weighted by Crippen LogP contribution is -2.10. The minimum atomic E-state index is 0.811. The highest BCUT2D eigenvalue weighted by Crippen LogP contribution is 2.50. The highest BCUT2D eigenvalue weighted by atomic mass is 32.2. The average Bonchev–Trinajstić information content (AvgIpc) is 2.74. The molecule has 1 aliphatic heterocycles. The van der Waals surface area contributed by atoms with Crippen molar-refractivity contribution in [2.75, 3.05) is 10.6 Å². The number of benzene rings is 4. The molecule has 0 saturated heterocycles. The van der Waals surface area contributed by atoms with E-state index in [4.69, 9.17) is 5.73 Å². The molecule has 1 heterocycles. The fraction of sp³-hybridized carbons (Fsp3) is 0. The van der Waals surface area contributed by atoms with Crippen molar-refractivity contribution in [1.82, 2.24) is 0 Å². The van der Waals surface area contributed by atoms with Gasteiger partial charge in [0.25, 0.3) is 0 Å². The number of hydrogen-bond donors (Lipinski definition) is 1. The Bertz CT molecular complexity index is 1090. The third-order valence-electron chi connectivity index (χ3n) is 4.62. The first kappa shape index (κ1) is 17.3. The molecular weight excluding hydrogens is 380 g/mol. The average molecular weight is 399 g/mol. The van der Waals surface area contributed by atoms with Gasteiger partial charge in [-0.1, -0.05) is 59.9 Å². The van der Waals surface area contributed by atoms with Crippen LogP contribution in [0.2, 0.25) is 0 Å². The Morgan fingerprint density at radius 1 is 0.500 bits per heavy atom. The third-order valence-corrected chi connectivity index (χ3v) is 7.15. The van der Waals surface area contributed by atoms with E-state index < -0.39 is 0 Å². The second-order valence-electron chi connectivity index (χ2n) is 6.55. The van der Waals surface area contributed by atoms with Gasteiger partial charge in [0.15, 0.2) is 0 Å². The molecule has 2 N–H and O–H groups in total. The summed E-state index contributed by atoms with van der Waals surface area (Å²) in [5, 5.41) is 0. The van der Waals surface area contributed by atoms with Crippen molar-refractivity contribution in [3.05, 3.63) is 97.1 Å². The van der Waals surface area contributed by atoms with Crippen LogP contribution in [0.1, 0.15) is 0 Å². The van der Waals surface area contributed by atoms with Gasteiger partial charge in [-0.15, -0.1) is 0 Å². The summed E-state index contributed by atoms with van der Waals surface area (Å²) in [6.45, 7) is 0. The van der Waals surface area contributed by atoms with Gasteiger partial charge in [-0.2, -0.15) is 0 Å². The number of nitrogen functional groups attached to an aromatic ring is 1.